The molecule has 0 bridgehead atoms. The Hall–Kier alpha value is -3.34. The molecule has 3 atom stereocenters. The summed E-state index contributed by atoms with van der Waals surface area (Å²) < 4.78 is 29.3. The molecule has 2 aliphatic heterocycles. The molecule has 2 fully saturated rings. The van der Waals surface area contributed by atoms with Crippen LogP contribution < -0.4 is 11.2 Å². The summed E-state index contributed by atoms with van der Waals surface area (Å²) in [5, 5.41) is 0. The number of piperazine rings is 1. The van der Waals surface area contributed by atoms with Crippen molar-refractivity contribution < 1.29 is 13.8 Å². The third-order valence-corrected chi connectivity index (χ3v) is 11.4. The summed E-state index contributed by atoms with van der Waals surface area (Å²) in [5.41, 5.74) is 1.62. The molecular formula is C34H39ClN5O5P. The number of morpholine rings is 1. The second kappa shape index (κ2) is 13.8. The Bertz CT molecular complexity index is 1680. The summed E-state index contributed by atoms with van der Waals surface area (Å²) in [6.45, 7) is 1.13. The van der Waals surface area contributed by atoms with Crippen molar-refractivity contribution in [3.63, 3.8) is 0 Å². The van der Waals surface area contributed by atoms with E-state index in [0.29, 0.717) is 25.2 Å². The zero-order chi connectivity index (χ0) is 32.3. The van der Waals surface area contributed by atoms with Crippen LogP contribution in [0.25, 0.3) is 0 Å². The first kappa shape index (κ1) is 32.6. The molecule has 3 heterocycles. The number of halogens is 1. The van der Waals surface area contributed by atoms with Gasteiger partial charge in [-0.25, -0.2) is 9.46 Å². The van der Waals surface area contributed by atoms with Crippen LogP contribution in [-0.4, -0.2) is 83.0 Å². The maximum atomic E-state index is 13.6. The normalized spacial score (nSPS) is 21.5. The maximum Gasteiger partial charge on any atom is 0.363 e. The largest absolute Gasteiger partial charge is 0.363 e. The predicted octanol–water partition coefficient (Wildman–Crippen LogP) is 4.65. The summed E-state index contributed by atoms with van der Waals surface area (Å²) in [4.78, 5) is 32.4. The second-order valence-electron chi connectivity index (χ2n) is 11.9. The fraction of sp³-hybridized carbons (Fsp3) is 0.353. The van der Waals surface area contributed by atoms with Gasteiger partial charge in [-0.15, -0.1) is 0 Å². The van der Waals surface area contributed by atoms with E-state index in [1.54, 1.807) is 11.6 Å². The highest BCUT2D eigenvalue weighted by atomic mass is 35.7. The van der Waals surface area contributed by atoms with Crippen LogP contribution >= 0.6 is 18.1 Å². The van der Waals surface area contributed by atoms with Gasteiger partial charge in [-0.3, -0.25) is 23.8 Å². The van der Waals surface area contributed by atoms with Gasteiger partial charge in [0.1, 0.15) is 0 Å². The average molecular weight is 664 g/mol. The molecule has 2 saturated heterocycles. The average Bonchev–Trinajstić information content (AvgIpc) is 3.07. The zero-order valence-electron chi connectivity index (χ0n) is 26.0. The van der Waals surface area contributed by atoms with E-state index in [2.05, 4.69) is 51.2 Å². The molecule has 0 amide bonds. The van der Waals surface area contributed by atoms with Gasteiger partial charge >= 0.3 is 12.6 Å². The van der Waals surface area contributed by atoms with Crippen molar-refractivity contribution in [3.8, 4) is 0 Å². The third kappa shape index (κ3) is 6.57. The van der Waals surface area contributed by atoms with Crippen LogP contribution in [-0.2, 0) is 19.4 Å². The number of likely N-dealkylation sites (N-methyl/N-ethyl adjacent to an activating group) is 1. The minimum atomic E-state index is -3.65. The molecule has 0 radical (unpaired) electrons. The Morgan fingerprint density at radius 3 is 1.91 bits per heavy atom. The van der Waals surface area contributed by atoms with Crippen molar-refractivity contribution in [3.05, 3.63) is 140 Å². The van der Waals surface area contributed by atoms with Gasteiger partial charge in [0.15, 0.2) is 6.23 Å². The van der Waals surface area contributed by atoms with Crippen LogP contribution in [0.2, 0.25) is 0 Å². The number of aromatic amines is 1. The Morgan fingerprint density at radius 2 is 1.39 bits per heavy atom. The number of aryl methyl sites for hydroxylation is 1. The molecular weight excluding hydrogens is 625 g/mol. The molecule has 2 aliphatic rings. The van der Waals surface area contributed by atoms with E-state index < -0.39 is 36.0 Å². The van der Waals surface area contributed by atoms with E-state index in [4.69, 9.17) is 20.5 Å². The van der Waals surface area contributed by atoms with E-state index in [1.807, 2.05) is 61.6 Å². The lowest BCUT2D eigenvalue weighted by molar-refractivity contribution is -0.148. The molecule has 0 aliphatic carbocycles. The molecule has 0 spiro atoms. The number of ether oxygens (including phenoxy) is 1. The third-order valence-electron chi connectivity index (χ3n) is 8.89. The van der Waals surface area contributed by atoms with E-state index in [-0.39, 0.29) is 13.2 Å². The lowest BCUT2D eigenvalue weighted by Crippen LogP contribution is -2.58. The number of rotatable bonds is 9. The van der Waals surface area contributed by atoms with Crippen molar-refractivity contribution in [2.24, 2.45) is 0 Å². The van der Waals surface area contributed by atoms with Gasteiger partial charge in [0.2, 0.25) is 0 Å². The Balaban J connectivity index is 1.46. The summed E-state index contributed by atoms with van der Waals surface area (Å²) in [6.07, 6.45) is 0.0892. The number of hydrogen-bond donors (Lipinski definition) is 1. The van der Waals surface area contributed by atoms with Crippen LogP contribution in [0.1, 0.15) is 28.5 Å². The zero-order valence-corrected chi connectivity index (χ0v) is 27.6. The van der Waals surface area contributed by atoms with Crippen LogP contribution in [0, 0.1) is 6.92 Å². The molecule has 4 aromatic rings. The van der Waals surface area contributed by atoms with E-state index in [1.165, 1.54) is 10.8 Å². The van der Waals surface area contributed by atoms with Gasteiger partial charge in [0.05, 0.1) is 18.2 Å². The lowest BCUT2D eigenvalue weighted by atomic mass is 9.75. The summed E-state index contributed by atoms with van der Waals surface area (Å²) in [5.74, 6) is 0. The van der Waals surface area contributed by atoms with Crippen molar-refractivity contribution in [2.75, 3.05) is 52.9 Å². The molecule has 10 nitrogen and oxygen atoms in total. The van der Waals surface area contributed by atoms with Crippen molar-refractivity contribution in [1.82, 2.24) is 24.0 Å². The lowest BCUT2D eigenvalue weighted by Gasteiger charge is -2.50. The van der Waals surface area contributed by atoms with Gasteiger partial charge in [-0.1, -0.05) is 91.0 Å². The van der Waals surface area contributed by atoms with Gasteiger partial charge in [-0.05, 0) is 41.9 Å². The van der Waals surface area contributed by atoms with Gasteiger partial charge in [0, 0.05) is 51.0 Å². The molecule has 3 aromatic carbocycles. The molecule has 0 saturated carbocycles. The molecule has 242 valence electrons. The molecule has 1 unspecified atom stereocenters. The standard InChI is InChI=1S/C34H39ClN5O5P/c1-26-22-40(33(42)36-32(26)41)31-24-38(23-30(45-31)25-44-46(35,43)39-20-18-37(2)19-21-39)34(27-12-6-3-7-13-27,28-14-8-4-9-15-28)29-16-10-5-11-17-29/h3-17,22,30-31H,18-21,23-25H2,1-2H3,(H,36,41,42)/t30-,31+,46?/m0/s1. The first-order chi connectivity index (χ1) is 22.2. The van der Waals surface area contributed by atoms with Gasteiger partial charge in [0.25, 0.3) is 5.56 Å². The van der Waals surface area contributed by atoms with Gasteiger partial charge < -0.3 is 14.2 Å². The SMILES string of the molecule is Cc1cn([C@H]2CN(C(c3ccccc3)(c3ccccc3)c3ccccc3)C[C@@H](COP(=O)(Cl)N3CCN(C)CC3)O2)c(=O)[nH]c1=O. The van der Waals surface area contributed by atoms with E-state index in [0.717, 1.165) is 29.8 Å². The fourth-order valence-electron chi connectivity index (χ4n) is 6.51. The smallest absolute Gasteiger partial charge is 0.350 e. The monoisotopic (exact) mass is 663 g/mol. The first-order valence-corrected chi connectivity index (χ1v) is 17.9. The van der Waals surface area contributed by atoms with E-state index >= 15 is 0 Å². The van der Waals surface area contributed by atoms with Crippen molar-refractivity contribution >= 4 is 18.1 Å². The highest BCUT2D eigenvalue weighted by Gasteiger charge is 2.47. The van der Waals surface area contributed by atoms with Crippen molar-refractivity contribution in [2.45, 2.75) is 24.8 Å². The van der Waals surface area contributed by atoms with Gasteiger partial charge in [-0.2, -0.15) is 0 Å². The van der Waals surface area contributed by atoms with Crippen LogP contribution in [0.3, 0.4) is 0 Å². The quantitative estimate of drug-likeness (QED) is 0.204. The maximum absolute atomic E-state index is 13.6. The molecule has 6 rings (SSSR count). The predicted molar refractivity (Wildman–Crippen MR) is 179 cm³/mol. The van der Waals surface area contributed by atoms with Crippen LogP contribution in [0.4, 0.5) is 0 Å². The Labute approximate surface area is 273 Å². The fourth-order valence-corrected chi connectivity index (χ4v) is 8.31. The number of hydrogen-bond acceptors (Lipinski definition) is 7. The highest BCUT2D eigenvalue weighted by molar-refractivity contribution is 7.83. The molecule has 1 N–H and O–H groups in total. The highest BCUT2D eigenvalue weighted by Crippen LogP contribution is 2.56. The minimum Gasteiger partial charge on any atom is -0.350 e. The number of aromatic nitrogens is 2. The summed E-state index contributed by atoms with van der Waals surface area (Å²) >= 11 is 6.59. The minimum absolute atomic E-state index is 0.0638. The Kier molecular flexibility index (Phi) is 9.77. The Morgan fingerprint density at radius 1 is 0.870 bits per heavy atom. The number of benzene rings is 3. The van der Waals surface area contributed by atoms with E-state index in [9.17, 15) is 14.2 Å². The van der Waals surface area contributed by atoms with Crippen molar-refractivity contribution in [1.29, 1.82) is 0 Å². The molecule has 1 aromatic heterocycles. The first-order valence-electron chi connectivity index (χ1n) is 15.5. The van der Waals surface area contributed by atoms with Crippen LogP contribution in [0.15, 0.2) is 107 Å². The van der Waals surface area contributed by atoms with Crippen LogP contribution in [0.5, 0.6) is 0 Å². The molecule has 46 heavy (non-hydrogen) atoms. The summed E-state index contributed by atoms with van der Waals surface area (Å²) in [6, 6.07) is 30.7. The number of nitrogens with zero attached hydrogens (tertiary/aromatic N) is 4. The summed E-state index contributed by atoms with van der Waals surface area (Å²) in [7, 11) is 2.01. The molecule has 12 heteroatoms. The number of H-pyrrole nitrogens is 1. The topological polar surface area (TPSA) is 100 Å². The number of nitrogens with one attached hydrogen (secondary N) is 1. The second-order valence-corrected chi connectivity index (χ2v) is 14.9.